The molecule has 1 amide bonds. The summed E-state index contributed by atoms with van der Waals surface area (Å²) in [5, 5.41) is 3.88. The normalized spacial score (nSPS) is 11.2. The van der Waals surface area contributed by atoms with E-state index in [4.69, 9.17) is 0 Å². The predicted molar refractivity (Wildman–Crippen MR) is 76.3 cm³/mol. The summed E-state index contributed by atoms with van der Waals surface area (Å²) in [6, 6.07) is 7.59. The van der Waals surface area contributed by atoms with E-state index in [0.717, 1.165) is 5.56 Å². The molecule has 4 nitrogen and oxygen atoms in total. The lowest BCUT2D eigenvalue weighted by atomic mass is 10.2. The number of nitrogens with zero attached hydrogens (tertiary/aromatic N) is 2. The molecule has 0 aliphatic heterocycles. The second-order valence-corrected chi connectivity index (χ2v) is 4.69. The third-order valence-electron chi connectivity index (χ3n) is 2.82. The zero-order chi connectivity index (χ0) is 14.5. The van der Waals surface area contributed by atoms with Crippen LogP contribution in [0.1, 0.15) is 35.8 Å². The minimum Gasteiger partial charge on any atom is -0.351 e. The monoisotopic (exact) mass is 273 g/mol. The van der Waals surface area contributed by atoms with Crippen molar-refractivity contribution in [2.75, 3.05) is 0 Å². The standard InChI is InChI=1S/C15H16FN3O/c1-11(2)19-8-7-12(10-19)9-17-18-15(20)13-3-5-14(16)6-4-13/h3-11H,1-2H3,(H,18,20)/b17-9-. The summed E-state index contributed by atoms with van der Waals surface area (Å²) in [7, 11) is 0. The molecule has 2 rings (SSSR count). The van der Waals surface area contributed by atoms with Crippen molar-refractivity contribution >= 4 is 12.1 Å². The second-order valence-electron chi connectivity index (χ2n) is 4.69. The van der Waals surface area contributed by atoms with E-state index in [9.17, 15) is 9.18 Å². The van der Waals surface area contributed by atoms with Crippen LogP contribution in [0, 0.1) is 5.82 Å². The third kappa shape index (κ3) is 3.54. The van der Waals surface area contributed by atoms with E-state index in [1.54, 1.807) is 6.21 Å². The van der Waals surface area contributed by atoms with Gasteiger partial charge >= 0.3 is 0 Å². The Bertz CT molecular complexity index is 614. The van der Waals surface area contributed by atoms with Gasteiger partial charge in [-0.15, -0.1) is 0 Å². The molecule has 1 heterocycles. The highest BCUT2D eigenvalue weighted by atomic mass is 19.1. The van der Waals surface area contributed by atoms with Crippen LogP contribution in [-0.4, -0.2) is 16.7 Å². The molecule has 0 unspecified atom stereocenters. The van der Waals surface area contributed by atoms with E-state index in [2.05, 4.69) is 24.4 Å². The van der Waals surface area contributed by atoms with E-state index < -0.39 is 0 Å². The van der Waals surface area contributed by atoms with Gasteiger partial charge in [0.05, 0.1) is 6.21 Å². The van der Waals surface area contributed by atoms with Gasteiger partial charge in [0.2, 0.25) is 0 Å². The van der Waals surface area contributed by atoms with Gasteiger partial charge in [0, 0.05) is 29.6 Å². The number of rotatable bonds is 4. The van der Waals surface area contributed by atoms with Gasteiger partial charge in [-0.1, -0.05) is 0 Å². The van der Waals surface area contributed by atoms with Gasteiger partial charge in [-0.3, -0.25) is 4.79 Å². The van der Waals surface area contributed by atoms with Gasteiger partial charge in [-0.2, -0.15) is 5.10 Å². The number of hydrazone groups is 1. The first-order valence-electron chi connectivity index (χ1n) is 6.32. The summed E-state index contributed by atoms with van der Waals surface area (Å²) in [5.74, 6) is -0.746. The molecular weight excluding hydrogens is 257 g/mol. The number of aromatic nitrogens is 1. The number of hydrogen-bond acceptors (Lipinski definition) is 2. The van der Waals surface area contributed by atoms with Crippen molar-refractivity contribution in [1.29, 1.82) is 0 Å². The number of carbonyl (C=O) groups excluding carboxylic acids is 1. The number of benzene rings is 1. The first-order chi connectivity index (χ1) is 9.56. The smallest absolute Gasteiger partial charge is 0.271 e. The van der Waals surface area contributed by atoms with Crippen LogP contribution in [0.2, 0.25) is 0 Å². The highest BCUT2D eigenvalue weighted by Crippen LogP contribution is 2.06. The third-order valence-corrected chi connectivity index (χ3v) is 2.82. The first kappa shape index (κ1) is 14.0. The average molecular weight is 273 g/mol. The van der Waals surface area contributed by atoms with Crippen LogP contribution >= 0.6 is 0 Å². The lowest BCUT2D eigenvalue weighted by Gasteiger charge is -2.04. The van der Waals surface area contributed by atoms with Crippen molar-refractivity contribution in [2.24, 2.45) is 5.10 Å². The van der Waals surface area contributed by atoms with Gasteiger partial charge in [-0.05, 0) is 44.2 Å². The fraction of sp³-hybridized carbons (Fsp3) is 0.200. The van der Waals surface area contributed by atoms with Crippen molar-refractivity contribution in [3.63, 3.8) is 0 Å². The van der Waals surface area contributed by atoms with Gasteiger partial charge in [0.25, 0.3) is 5.91 Å². The summed E-state index contributed by atoms with van der Waals surface area (Å²) in [6.45, 7) is 4.16. The van der Waals surface area contributed by atoms with Crippen LogP contribution in [0.3, 0.4) is 0 Å². The number of nitrogens with one attached hydrogen (secondary N) is 1. The highest BCUT2D eigenvalue weighted by Gasteiger charge is 2.03. The summed E-state index contributed by atoms with van der Waals surface area (Å²) in [4.78, 5) is 11.7. The lowest BCUT2D eigenvalue weighted by Crippen LogP contribution is -2.17. The summed E-state index contributed by atoms with van der Waals surface area (Å²) >= 11 is 0. The molecule has 104 valence electrons. The Hall–Kier alpha value is -2.43. The Morgan fingerprint density at radius 2 is 2.00 bits per heavy atom. The molecule has 1 N–H and O–H groups in total. The van der Waals surface area contributed by atoms with Gasteiger partial charge in [0.15, 0.2) is 0 Å². The molecule has 1 aromatic carbocycles. The van der Waals surface area contributed by atoms with E-state index in [0.29, 0.717) is 11.6 Å². The maximum absolute atomic E-state index is 12.7. The van der Waals surface area contributed by atoms with Crippen molar-refractivity contribution in [1.82, 2.24) is 9.99 Å². The second kappa shape index (κ2) is 6.14. The molecule has 0 aliphatic rings. The zero-order valence-electron chi connectivity index (χ0n) is 11.4. The van der Waals surface area contributed by atoms with Crippen LogP contribution in [0.4, 0.5) is 4.39 Å². The largest absolute Gasteiger partial charge is 0.351 e. The average Bonchev–Trinajstić information content (AvgIpc) is 2.88. The maximum atomic E-state index is 12.7. The van der Waals surface area contributed by atoms with Crippen molar-refractivity contribution < 1.29 is 9.18 Å². The summed E-state index contributed by atoms with van der Waals surface area (Å²) < 4.78 is 14.8. The lowest BCUT2D eigenvalue weighted by molar-refractivity contribution is 0.0955. The van der Waals surface area contributed by atoms with Crippen LogP contribution in [0.25, 0.3) is 0 Å². The zero-order valence-corrected chi connectivity index (χ0v) is 11.4. The van der Waals surface area contributed by atoms with Crippen LogP contribution in [0.15, 0.2) is 47.8 Å². The predicted octanol–water partition coefficient (Wildman–Crippen LogP) is 2.97. The Balaban J connectivity index is 1.95. The van der Waals surface area contributed by atoms with Crippen LogP contribution in [-0.2, 0) is 0 Å². The topological polar surface area (TPSA) is 46.4 Å². The Kier molecular flexibility index (Phi) is 4.30. The molecule has 5 heteroatoms. The Morgan fingerprint density at radius 3 is 2.60 bits per heavy atom. The highest BCUT2D eigenvalue weighted by molar-refractivity contribution is 5.94. The molecule has 0 saturated carbocycles. The fourth-order valence-corrected chi connectivity index (χ4v) is 1.66. The van der Waals surface area contributed by atoms with Crippen molar-refractivity contribution in [3.05, 3.63) is 59.7 Å². The molecule has 0 radical (unpaired) electrons. The molecule has 0 fully saturated rings. The van der Waals surface area contributed by atoms with E-state index in [1.807, 2.05) is 23.0 Å². The van der Waals surface area contributed by atoms with E-state index in [-0.39, 0.29) is 11.7 Å². The maximum Gasteiger partial charge on any atom is 0.271 e. The summed E-state index contributed by atoms with van der Waals surface area (Å²) in [6.07, 6.45) is 5.46. The molecule has 0 spiro atoms. The molecule has 0 aliphatic carbocycles. The molecule has 1 aromatic heterocycles. The van der Waals surface area contributed by atoms with Crippen LogP contribution < -0.4 is 5.43 Å². The number of carbonyl (C=O) groups is 1. The van der Waals surface area contributed by atoms with E-state index >= 15 is 0 Å². The fourth-order valence-electron chi connectivity index (χ4n) is 1.66. The van der Waals surface area contributed by atoms with Crippen molar-refractivity contribution in [2.45, 2.75) is 19.9 Å². The first-order valence-corrected chi connectivity index (χ1v) is 6.32. The van der Waals surface area contributed by atoms with E-state index in [1.165, 1.54) is 24.3 Å². The molecule has 2 aromatic rings. The molecule has 0 atom stereocenters. The molecule has 20 heavy (non-hydrogen) atoms. The molecule has 0 bridgehead atoms. The SMILES string of the molecule is CC(C)n1ccc(/C=N\NC(=O)c2ccc(F)cc2)c1. The van der Waals surface area contributed by atoms with Gasteiger partial charge in [0.1, 0.15) is 5.82 Å². The minimum absolute atomic E-state index is 0.364. The van der Waals surface area contributed by atoms with Gasteiger partial charge < -0.3 is 4.57 Å². The minimum atomic E-state index is -0.375. The quantitative estimate of drug-likeness (QED) is 0.675. The van der Waals surface area contributed by atoms with Crippen LogP contribution in [0.5, 0.6) is 0 Å². The summed E-state index contributed by atoms with van der Waals surface area (Å²) in [5.41, 5.74) is 3.67. The number of halogens is 1. The molecule has 0 saturated heterocycles. The Morgan fingerprint density at radius 1 is 1.30 bits per heavy atom. The van der Waals surface area contributed by atoms with Crippen molar-refractivity contribution in [3.8, 4) is 0 Å². The van der Waals surface area contributed by atoms with Gasteiger partial charge in [-0.25, -0.2) is 9.82 Å². The Labute approximate surface area is 116 Å². The number of hydrogen-bond donors (Lipinski definition) is 1. The molecular formula is C15H16FN3O. The number of amides is 1.